The summed E-state index contributed by atoms with van der Waals surface area (Å²) in [6, 6.07) is 21.5. The van der Waals surface area contributed by atoms with Crippen LogP contribution in [-0.2, 0) is 0 Å². The Kier molecular flexibility index (Phi) is 4.98. The third-order valence-electron chi connectivity index (χ3n) is 4.93. The number of carbonyl (C=O) groups is 1. The summed E-state index contributed by atoms with van der Waals surface area (Å²) in [6.07, 6.45) is 0. The number of nitro groups is 1. The minimum atomic E-state index is -0.444. The second kappa shape index (κ2) is 7.75. The predicted octanol–water partition coefficient (Wildman–Crippen LogP) is 5.68. The van der Waals surface area contributed by atoms with Crippen LogP contribution < -0.4 is 5.32 Å². The number of aryl methyl sites for hydroxylation is 2. The average Bonchev–Trinajstić information content (AvgIpc) is 2.73. The van der Waals surface area contributed by atoms with Crippen LogP contribution in [0.2, 0.25) is 0 Å². The van der Waals surface area contributed by atoms with E-state index in [0.717, 1.165) is 11.1 Å². The summed E-state index contributed by atoms with van der Waals surface area (Å²) in [5.74, 6) is -0.308. The van der Waals surface area contributed by atoms with Gasteiger partial charge in [0.2, 0.25) is 0 Å². The molecule has 0 atom stereocenters. The summed E-state index contributed by atoms with van der Waals surface area (Å²) in [5.41, 5.74) is 4.64. The van der Waals surface area contributed by atoms with E-state index in [2.05, 4.69) is 10.3 Å². The molecule has 3 aromatic carbocycles. The molecule has 6 heteroatoms. The Balaban J connectivity index is 1.96. The number of benzene rings is 3. The molecule has 0 spiro atoms. The minimum absolute atomic E-state index is 0.0459. The number of hydrogen-bond donors (Lipinski definition) is 1. The summed E-state index contributed by atoms with van der Waals surface area (Å²) in [5, 5.41) is 14.9. The predicted molar refractivity (Wildman–Crippen MR) is 118 cm³/mol. The molecule has 4 aromatic rings. The molecule has 1 N–H and O–H groups in total. The standard InChI is InChI=1S/C24H19N3O3/c1-15-7-6-10-18(13-15)26-24(28)22-16(2)25-21-12-11-19(27(29)30)14-20(21)23(22)17-8-4-3-5-9-17/h3-14H,1-2H3,(H,26,28). The van der Waals surface area contributed by atoms with Crippen molar-refractivity contribution in [2.24, 2.45) is 0 Å². The first-order valence-corrected chi connectivity index (χ1v) is 9.46. The van der Waals surface area contributed by atoms with Crippen LogP contribution in [0.25, 0.3) is 22.0 Å². The minimum Gasteiger partial charge on any atom is -0.322 e. The number of rotatable bonds is 4. The number of anilines is 1. The molecule has 0 radical (unpaired) electrons. The van der Waals surface area contributed by atoms with Crippen molar-refractivity contribution in [3.8, 4) is 11.1 Å². The lowest BCUT2D eigenvalue weighted by Gasteiger charge is -2.16. The van der Waals surface area contributed by atoms with Gasteiger partial charge < -0.3 is 5.32 Å². The summed E-state index contributed by atoms with van der Waals surface area (Å²) in [4.78, 5) is 28.8. The largest absolute Gasteiger partial charge is 0.322 e. The van der Waals surface area contributed by atoms with Crippen LogP contribution >= 0.6 is 0 Å². The van der Waals surface area contributed by atoms with Crippen LogP contribution in [0, 0.1) is 24.0 Å². The van der Waals surface area contributed by atoms with E-state index in [0.29, 0.717) is 33.4 Å². The van der Waals surface area contributed by atoms with Gasteiger partial charge in [0.25, 0.3) is 11.6 Å². The molecular formula is C24H19N3O3. The highest BCUT2D eigenvalue weighted by atomic mass is 16.6. The topological polar surface area (TPSA) is 85.1 Å². The maximum absolute atomic E-state index is 13.3. The third-order valence-corrected chi connectivity index (χ3v) is 4.93. The molecule has 0 aliphatic heterocycles. The highest BCUT2D eigenvalue weighted by Crippen LogP contribution is 2.35. The van der Waals surface area contributed by atoms with Crippen molar-refractivity contribution in [1.29, 1.82) is 0 Å². The number of amides is 1. The van der Waals surface area contributed by atoms with Crippen LogP contribution in [0.4, 0.5) is 11.4 Å². The van der Waals surface area contributed by atoms with Gasteiger partial charge in [0.15, 0.2) is 0 Å². The van der Waals surface area contributed by atoms with E-state index in [1.54, 1.807) is 13.0 Å². The van der Waals surface area contributed by atoms with Gasteiger partial charge in [0, 0.05) is 28.8 Å². The molecule has 0 saturated carbocycles. The number of pyridine rings is 1. The molecule has 0 bridgehead atoms. The second-order valence-corrected chi connectivity index (χ2v) is 7.10. The Hall–Kier alpha value is -4.06. The third kappa shape index (κ3) is 3.63. The summed E-state index contributed by atoms with van der Waals surface area (Å²) >= 11 is 0. The molecule has 0 fully saturated rings. The number of hydrogen-bond acceptors (Lipinski definition) is 4. The molecule has 1 aromatic heterocycles. The Morgan fingerprint density at radius 2 is 1.73 bits per heavy atom. The molecule has 0 saturated heterocycles. The smallest absolute Gasteiger partial charge is 0.270 e. The Morgan fingerprint density at radius 1 is 0.967 bits per heavy atom. The summed E-state index contributed by atoms with van der Waals surface area (Å²) in [6.45, 7) is 3.73. The zero-order valence-electron chi connectivity index (χ0n) is 16.5. The van der Waals surface area contributed by atoms with E-state index in [1.165, 1.54) is 12.1 Å². The van der Waals surface area contributed by atoms with Gasteiger partial charge in [-0.15, -0.1) is 0 Å². The van der Waals surface area contributed by atoms with Gasteiger partial charge in [-0.1, -0.05) is 42.5 Å². The van der Waals surface area contributed by atoms with Crippen LogP contribution in [0.3, 0.4) is 0 Å². The first-order chi connectivity index (χ1) is 14.4. The highest BCUT2D eigenvalue weighted by Gasteiger charge is 2.22. The molecule has 0 aliphatic carbocycles. The van der Waals surface area contributed by atoms with Crippen LogP contribution in [0.1, 0.15) is 21.6 Å². The molecule has 4 rings (SSSR count). The highest BCUT2D eigenvalue weighted by molar-refractivity contribution is 6.14. The fourth-order valence-electron chi connectivity index (χ4n) is 3.59. The van der Waals surface area contributed by atoms with E-state index >= 15 is 0 Å². The number of non-ortho nitro benzene ring substituents is 1. The van der Waals surface area contributed by atoms with E-state index in [4.69, 9.17) is 0 Å². The van der Waals surface area contributed by atoms with Crippen molar-refractivity contribution in [3.05, 3.63) is 99.7 Å². The van der Waals surface area contributed by atoms with E-state index in [9.17, 15) is 14.9 Å². The monoisotopic (exact) mass is 397 g/mol. The molecule has 1 heterocycles. The normalized spacial score (nSPS) is 10.7. The van der Waals surface area contributed by atoms with Crippen LogP contribution in [0.5, 0.6) is 0 Å². The number of nitrogens with zero attached hydrogens (tertiary/aromatic N) is 2. The molecule has 6 nitrogen and oxygen atoms in total. The Bertz CT molecular complexity index is 1280. The quantitative estimate of drug-likeness (QED) is 0.355. The van der Waals surface area contributed by atoms with Gasteiger partial charge in [-0.2, -0.15) is 0 Å². The number of fused-ring (bicyclic) bond motifs is 1. The zero-order chi connectivity index (χ0) is 21.3. The summed E-state index contributed by atoms with van der Waals surface area (Å²) < 4.78 is 0. The fourth-order valence-corrected chi connectivity index (χ4v) is 3.59. The lowest BCUT2D eigenvalue weighted by atomic mass is 9.93. The molecule has 30 heavy (non-hydrogen) atoms. The first kappa shape index (κ1) is 19.3. The maximum Gasteiger partial charge on any atom is 0.270 e. The number of aromatic nitrogens is 1. The van der Waals surface area contributed by atoms with E-state index in [-0.39, 0.29) is 11.6 Å². The molecule has 0 aliphatic rings. The SMILES string of the molecule is Cc1cccc(NC(=O)c2c(C)nc3ccc([N+](=O)[O-])cc3c2-c2ccccc2)c1. The lowest BCUT2D eigenvalue weighted by molar-refractivity contribution is -0.384. The van der Waals surface area contributed by atoms with Gasteiger partial charge in [0.05, 0.1) is 21.7 Å². The fraction of sp³-hybridized carbons (Fsp3) is 0.0833. The average molecular weight is 397 g/mol. The van der Waals surface area contributed by atoms with Crippen molar-refractivity contribution in [2.45, 2.75) is 13.8 Å². The van der Waals surface area contributed by atoms with E-state index in [1.807, 2.05) is 61.5 Å². The van der Waals surface area contributed by atoms with Crippen molar-refractivity contribution >= 4 is 28.2 Å². The summed E-state index contributed by atoms with van der Waals surface area (Å²) in [7, 11) is 0. The van der Waals surface area contributed by atoms with Crippen molar-refractivity contribution in [1.82, 2.24) is 4.98 Å². The van der Waals surface area contributed by atoms with Gasteiger partial charge in [-0.05, 0) is 43.2 Å². The molecular weight excluding hydrogens is 378 g/mol. The van der Waals surface area contributed by atoms with Crippen LogP contribution in [0.15, 0.2) is 72.8 Å². The number of nitro benzene ring substituents is 1. The maximum atomic E-state index is 13.3. The van der Waals surface area contributed by atoms with Gasteiger partial charge in [-0.25, -0.2) is 0 Å². The lowest BCUT2D eigenvalue weighted by Crippen LogP contribution is -2.16. The van der Waals surface area contributed by atoms with Gasteiger partial charge in [-0.3, -0.25) is 19.9 Å². The van der Waals surface area contributed by atoms with Crippen molar-refractivity contribution in [2.75, 3.05) is 5.32 Å². The van der Waals surface area contributed by atoms with Crippen molar-refractivity contribution in [3.63, 3.8) is 0 Å². The molecule has 1 amide bonds. The number of carbonyl (C=O) groups excluding carboxylic acids is 1. The van der Waals surface area contributed by atoms with E-state index < -0.39 is 4.92 Å². The first-order valence-electron chi connectivity index (χ1n) is 9.46. The zero-order valence-corrected chi connectivity index (χ0v) is 16.5. The van der Waals surface area contributed by atoms with Gasteiger partial charge >= 0.3 is 0 Å². The molecule has 148 valence electrons. The Labute approximate surface area is 173 Å². The Morgan fingerprint density at radius 3 is 2.43 bits per heavy atom. The molecule has 0 unspecified atom stereocenters. The number of nitrogens with one attached hydrogen (secondary N) is 1. The second-order valence-electron chi connectivity index (χ2n) is 7.10. The van der Waals surface area contributed by atoms with Crippen molar-refractivity contribution < 1.29 is 9.72 Å². The van der Waals surface area contributed by atoms with Gasteiger partial charge in [0.1, 0.15) is 0 Å². The van der Waals surface area contributed by atoms with Crippen LogP contribution in [-0.4, -0.2) is 15.8 Å².